The minimum atomic E-state index is -4.42. The van der Waals surface area contributed by atoms with E-state index in [0.29, 0.717) is 51.5 Å². The average molecular weight is 467 g/mol. The number of rotatable bonds is 4. The maximum absolute atomic E-state index is 13.3. The summed E-state index contributed by atoms with van der Waals surface area (Å²) in [7, 11) is 0. The molecule has 0 unspecified atom stereocenters. The molecule has 2 amide bonds. The van der Waals surface area contributed by atoms with Crippen molar-refractivity contribution in [2.24, 2.45) is 5.92 Å². The van der Waals surface area contributed by atoms with Crippen LogP contribution in [0, 0.1) is 5.92 Å². The maximum Gasteiger partial charge on any atom is 0.416 e. The minimum Gasteiger partial charge on any atom is -0.378 e. The third kappa shape index (κ3) is 4.82. The van der Waals surface area contributed by atoms with Crippen molar-refractivity contribution in [2.75, 3.05) is 57.4 Å². The van der Waals surface area contributed by atoms with Crippen LogP contribution in [0.3, 0.4) is 0 Å². The van der Waals surface area contributed by atoms with E-state index in [0.717, 1.165) is 24.6 Å². The SMILES string of the molecule is O=C(NC1CC1)[C@@H]1Cc2cc(C(F)(F)F)ccc2N2CCN(CC(=O)N3CCOCC3)C[C@H]12. The number of hydrogen-bond acceptors (Lipinski definition) is 5. The second-order valence-corrected chi connectivity index (χ2v) is 9.42. The number of halogens is 3. The summed E-state index contributed by atoms with van der Waals surface area (Å²) < 4.78 is 45.3. The van der Waals surface area contributed by atoms with Crippen LogP contribution in [-0.2, 0) is 26.9 Å². The third-order valence-corrected chi connectivity index (χ3v) is 7.11. The Hall–Kier alpha value is -2.33. The lowest BCUT2D eigenvalue weighted by Crippen LogP contribution is -2.62. The van der Waals surface area contributed by atoms with E-state index in [1.165, 1.54) is 12.1 Å². The van der Waals surface area contributed by atoms with Gasteiger partial charge in [0, 0.05) is 44.5 Å². The Balaban J connectivity index is 1.36. The van der Waals surface area contributed by atoms with Crippen LogP contribution in [0.1, 0.15) is 24.0 Å². The lowest BCUT2D eigenvalue weighted by atomic mass is 9.82. The molecule has 1 N–H and O–H groups in total. The van der Waals surface area contributed by atoms with Gasteiger partial charge in [-0.1, -0.05) is 0 Å². The first-order valence-corrected chi connectivity index (χ1v) is 11.6. The second-order valence-electron chi connectivity index (χ2n) is 9.42. The highest BCUT2D eigenvalue weighted by molar-refractivity contribution is 5.83. The molecular weight excluding hydrogens is 437 g/mol. The van der Waals surface area contributed by atoms with Crippen LogP contribution in [-0.4, -0.2) is 86.2 Å². The predicted molar refractivity (Wildman–Crippen MR) is 115 cm³/mol. The largest absolute Gasteiger partial charge is 0.416 e. The van der Waals surface area contributed by atoms with Crippen LogP contribution < -0.4 is 10.2 Å². The highest BCUT2D eigenvalue weighted by Gasteiger charge is 2.44. The molecule has 1 aromatic rings. The number of nitrogens with zero attached hydrogens (tertiary/aromatic N) is 3. The van der Waals surface area contributed by atoms with Crippen LogP contribution in [0.2, 0.25) is 0 Å². The highest BCUT2D eigenvalue weighted by atomic mass is 19.4. The van der Waals surface area contributed by atoms with Gasteiger partial charge >= 0.3 is 6.18 Å². The molecule has 180 valence electrons. The van der Waals surface area contributed by atoms with Crippen LogP contribution in [0.4, 0.5) is 18.9 Å². The number of morpholine rings is 1. The number of ether oxygens (including phenoxy) is 1. The number of carbonyl (C=O) groups is 2. The van der Waals surface area contributed by atoms with Crippen LogP contribution in [0.25, 0.3) is 0 Å². The maximum atomic E-state index is 13.3. The van der Waals surface area contributed by atoms with E-state index in [4.69, 9.17) is 4.74 Å². The fourth-order valence-electron chi connectivity index (χ4n) is 5.14. The molecule has 0 bridgehead atoms. The first kappa shape index (κ1) is 22.5. The van der Waals surface area contributed by atoms with Gasteiger partial charge in [0.25, 0.3) is 0 Å². The van der Waals surface area contributed by atoms with Crippen molar-refractivity contribution in [1.82, 2.24) is 15.1 Å². The van der Waals surface area contributed by atoms with Gasteiger partial charge in [-0.05, 0) is 43.0 Å². The zero-order chi connectivity index (χ0) is 23.2. The van der Waals surface area contributed by atoms with E-state index in [1.54, 1.807) is 0 Å². The molecule has 1 aliphatic carbocycles. The molecule has 5 rings (SSSR count). The molecule has 0 aromatic heterocycles. The molecule has 2 saturated heterocycles. The van der Waals surface area contributed by atoms with Gasteiger partial charge in [0.1, 0.15) is 0 Å². The molecule has 0 spiro atoms. The Bertz CT molecular complexity index is 915. The summed E-state index contributed by atoms with van der Waals surface area (Å²) >= 11 is 0. The Labute approximate surface area is 190 Å². The Kier molecular flexibility index (Phi) is 5.98. The third-order valence-electron chi connectivity index (χ3n) is 7.11. The monoisotopic (exact) mass is 466 g/mol. The molecule has 2 atom stereocenters. The standard InChI is InChI=1S/C23H29F3N4O3/c24-23(25,26)16-1-4-19-15(11-16)12-18(22(32)27-17-2-3-17)20-13-28(5-6-30(19)20)14-21(31)29-7-9-33-10-8-29/h1,4,11,17-18,20H,2-3,5-10,12-14H2,(H,27,32)/t18-,20-/m1/s1. The summed E-state index contributed by atoms with van der Waals surface area (Å²) in [6, 6.07) is 3.84. The molecule has 10 heteroatoms. The van der Waals surface area contributed by atoms with Crippen molar-refractivity contribution in [2.45, 2.75) is 37.5 Å². The average Bonchev–Trinajstić information content (AvgIpc) is 3.62. The Morgan fingerprint density at radius 3 is 2.55 bits per heavy atom. The fourth-order valence-corrected chi connectivity index (χ4v) is 5.14. The first-order valence-electron chi connectivity index (χ1n) is 11.6. The zero-order valence-corrected chi connectivity index (χ0v) is 18.4. The van der Waals surface area contributed by atoms with Crippen molar-refractivity contribution in [3.8, 4) is 0 Å². The van der Waals surface area contributed by atoms with Gasteiger partial charge in [-0.25, -0.2) is 0 Å². The minimum absolute atomic E-state index is 0.0526. The van der Waals surface area contributed by atoms with E-state index < -0.39 is 17.7 Å². The van der Waals surface area contributed by atoms with Gasteiger partial charge < -0.3 is 19.9 Å². The molecule has 4 aliphatic rings. The number of nitrogens with one attached hydrogen (secondary N) is 1. The van der Waals surface area contributed by atoms with Crippen molar-refractivity contribution >= 4 is 17.5 Å². The highest BCUT2D eigenvalue weighted by Crippen LogP contribution is 2.40. The van der Waals surface area contributed by atoms with Gasteiger partial charge in [-0.2, -0.15) is 13.2 Å². The van der Waals surface area contributed by atoms with E-state index in [2.05, 4.69) is 15.1 Å². The van der Waals surface area contributed by atoms with E-state index >= 15 is 0 Å². The van der Waals surface area contributed by atoms with Crippen molar-refractivity contribution < 1.29 is 27.5 Å². The molecule has 1 saturated carbocycles. The Morgan fingerprint density at radius 1 is 1.09 bits per heavy atom. The summed E-state index contributed by atoms with van der Waals surface area (Å²) in [6.07, 6.45) is -2.26. The topological polar surface area (TPSA) is 65.1 Å². The van der Waals surface area contributed by atoms with Gasteiger partial charge in [0.15, 0.2) is 0 Å². The van der Waals surface area contributed by atoms with E-state index in [-0.39, 0.29) is 36.9 Å². The van der Waals surface area contributed by atoms with E-state index in [9.17, 15) is 22.8 Å². The summed E-state index contributed by atoms with van der Waals surface area (Å²) in [5.74, 6) is -0.503. The molecule has 33 heavy (non-hydrogen) atoms. The molecule has 7 nitrogen and oxygen atoms in total. The number of alkyl halides is 3. The zero-order valence-electron chi connectivity index (χ0n) is 18.4. The molecule has 3 fully saturated rings. The van der Waals surface area contributed by atoms with Gasteiger partial charge in [0.2, 0.25) is 11.8 Å². The molecule has 3 aliphatic heterocycles. The second kappa shape index (κ2) is 8.79. The quantitative estimate of drug-likeness (QED) is 0.729. The molecular formula is C23H29F3N4O3. The Morgan fingerprint density at radius 2 is 1.85 bits per heavy atom. The number of fused-ring (bicyclic) bond motifs is 3. The number of piperazine rings is 1. The van der Waals surface area contributed by atoms with Crippen LogP contribution in [0.15, 0.2) is 18.2 Å². The first-order chi connectivity index (χ1) is 15.8. The number of hydrogen-bond donors (Lipinski definition) is 1. The van der Waals surface area contributed by atoms with Gasteiger partial charge in [-0.15, -0.1) is 0 Å². The fraction of sp³-hybridized carbons (Fsp3) is 0.652. The van der Waals surface area contributed by atoms with Crippen molar-refractivity contribution in [3.63, 3.8) is 0 Å². The normalized spacial score (nSPS) is 25.9. The predicted octanol–water partition coefficient (Wildman–Crippen LogP) is 1.51. The lowest BCUT2D eigenvalue weighted by molar-refractivity contribution is -0.138. The summed E-state index contributed by atoms with van der Waals surface area (Å²) in [5.41, 5.74) is 0.647. The molecule has 3 heterocycles. The molecule has 0 radical (unpaired) electrons. The summed E-state index contributed by atoms with van der Waals surface area (Å²) in [5, 5.41) is 3.04. The smallest absolute Gasteiger partial charge is 0.378 e. The number of carbonyl (C=O) groups excluding carboxylic acids is 2. The number of benzene rings is 1. The van der Waals surface area contributed by atoms with Gasteiger partial charge in [-0.3, -0.25) is 14.5 Å². The lowest BCUT2D eigenvalue weighted by Gasteiger charge is -2.49. The van der Waals surface area contributed by atoms with Crippen molar-refractivity contribution in [3.05, 3.63) is 29.3 Å². The number of amides is 2. The summed E-state index contributed by atoms with van der Waals surface area (Å²) in [6.45, 7) is 4.24. The number of anilines is 1. The van der Waals surface area contributed by atoms with Gasteiger partial charge in [0.05, 0.1) is 37.3 Å². The molecule has 1 aromatic carbocycles. The van der Waals surface area contributed by atoms with Crippen molar-refractivity contribution in [1.29, 1.82) is 0 Å². The van der Waals surface area contributed by atoms with Crippen LogP contribution in [0.5, 0.6) is 0 Å². The van der Waals surface area contributed by atoms with E-state index in [1.807, 2.05) is 4.90 Å². The van der Waals surface area contributed by atoms with Crippen LogP contribution >= 0.6 is 0 Å². The summed E-state index contributed by atoms with van der Waals surface area (Å²) in [4.78, 5) is 31.8.